The van der Waals surface area contributed by atoms with Crippen molar-refractivity contribution in [2.75, 3.05) is 0 Å². The highest BCUT2D eigenvalue weighted by Crippen LogP contribution is 2.22. The minimum absolute atomic E-state index is 0.289. The maximum Gasteiger partial charge on any atom is 0.0812 e. The Bertz CT molecular complexity index is 452. The minimum Gasteiger partial charge on any atom is -0.388 e. The van der Waals surface area contributed by atoms with Gasteiger partial charge >= 0.3 is 0 Å². The highest BCUT2D eigenvalue weighted by molar-refractivity contribution is 5.19. The molecule has 2 aromatic rings. The summed E-state index contributed by atoms with van der Waals surface area (Å²) in [6.45, 7) is 10.8. The van der Waals surface area contributed by atoms with Gasteiger partial charge in [-0.25, -0.2) is 0 Å². The van der Waals surface area contributed by atoms with Gasteiger partial charge in [-0.2, -0.15) is 0 Å². The number of aliphatic hydroxyl groups excluding tert-OH is 1. The Hall–Kier alpha value is -1.60. The van der Waals surface area contributed by atoms with E-state index in [1.807, 2.05) is 44.2 Å². The zero-order chi connectivity index (χ0) is 16.5. The SMILES string of the molecule is CC(C)[C@@H](C)c1ccccc1.CC(C)[C@H](O)c1ccccc1. The Morgan fingerprint density at radius 3 is 1.36 bits per heavy atom. The molecular formula is C21H30O. The zero-order valence-electron chi connectivity index (χ0n) is 14.5. The molecule has 0 aliphatic carbocycles. The summed E-state index contributed by atoms with van der Waals surface area (Å²) in [5, 5.41) is 9.60. The molecule has 2 aromatic carbocycles. The van der Waals surface area contributed by atoms with Gasteiger partial charge in [-0.05, 0) is 28.9 Å². The topological polar surface area (TPSA) is 20.2 Å². The second-order valence-corrected chi connectivity index (χ2v) is 6.54. The summed E-state index contributed by atoms with van der Waals surface area (Å²) in [6.07, 6.45) is -0.323. The van der Waals surface area contributed by atoms with Crippen molar-refractivity contribution in [2.45, 2.75) is 46.6 Å². The van der Waals surface area contributed by atoms with Crippen molar-refractivity contribution in [3.05, 3.63) is 71.8 Å². The van der Waals surface area contributed by atoms with Crippen molar-refractivity contribution in [1.82, 2.24) is 0 Å². The number of hydrogen-bond donors (Lipinski definition) is 1. The van der Waals surface area contributed by atoms with Crippen molar-refractivity contribution in [1.29, 1.82) is 0 Å². The van der Waals surface area contributed by atoms with Crippen molar-refractivity contribution in [3.63, 3.8) is 0 Å². The molecule has 120 valence electrons. The molecule has 1 N–H and O–H groups in total. The fourth-order valence-electron chi connectivity index (χ4n) is 2.18. The molecule has 0 fully saturated rings. The summed E-state index contributed by atoms with van der Waals surface area (Å²) in [4.78, 5) is 0. The predicted molar refractivity (Wildman–Crippen MR) is 95.9 cm³/mol. The number of hydrogen-bond acceptors (Lipinski definition) is 1. The van der Waals surface area contributed by atoms with Crippen LogP contribution in [0.4, 0.5) is 0 Å². The summed E-state index contributed by atoms with van der Waals surface area (Å²) in [5.74, 6) is 1.70. The monoisotopic (exact) mass is 298 g/mol. The fourth-order valence-corrected chi connectivity index (χ4v) is 2.18. The van der Waals surface area contributed by atoms with E-state index in [4.69, 9.17) is 0 Å². The van der Waals surface area contributed by atoms with E-state index >= 15 is 0 Å². The van der Waals surface area contributed by atoms with Gasteiger partial charge in [0.15, 0.2) is 0 Å². The lowest BCUT2D eigenvalue weighted by Gasteiger charge is -2.15. The number of rotatable bonds is 4. The fraction of sp³-hybridized carbons (Fsp3) is 0.429. The average Bonchev–Trinajstić information content (AvgIpc) is 2.55. The molecule has 0 saturated heterocycles. The zero-order valence-corrected chi connectivity index (χ0v) is 14.5. The van der Waals surface area contributed by atoms with Gasteiger partial charge in [0.2, 0.25) is 0 Å². The Morgan fingerprint density at radius 1 is 0.591 bits per heavy atom. The van der Waals surface area contributed by atoms with Gasteiger partial charge in [0, 0.05) is 0 Å². The summed E-state index contributed by atoms with van der Waals surface area (Å²) >= 11 is 0. The molecule has 0 saturated carbocycles. The molecule has 1 heteroatoms. The van der Waals surface area contributed by atoms with E-state index in [9.17, 15) is 5.11 Å². The Balaban J connectivity index is 0.000000220. The van der Waals surface area contributed by atoms with Crippen molar-refractivity contribution in [2.24, 2.45) is 11.8 Å². The molecule has 0 heterocycles. The molecule has 0 unspecified atom stereocenters. The number of aliphatic hydroxyl groups is 1. The van der Waals surface area contributed by atoms with Gasteiger partial charge in [-0.3, -0.25) is 0 Å². The average molecular weight is 298 g/mol. The first-order valence-electron chi connectivity index (χ1n) is 8.21. The molecule has 22 heavy (non-hydrogen) atoms. The summed E-state index contributed by atoms with van der Waals surface area (Å²) in [6, 6.07) is 20.4. The van der Waals surface area contributed by atoms with Crippen LogP contribution in [0, 0.1) is 11.8 Å². The second kappa shape index (κ2) is 9.42. The Morgan fingerprint density at radius 2 is 1.00 bits per heavy atom. The van der Waals surface area contributed by atoms with Crippen LogP contribution in [0.25, 0.3) is 0 Å². The van der Waals surface area contributed by atoms with Crippen molar-refractivity contribution < 1.29 is 5.11 Å². The van der Waals surface area contributed by atoms with Gasteiger partial charge in [0.25, 0.3) is 0 Å². The van der Waals surface area contributed by atoms with Crippen molar-refractivity contribution in [3.8, 4) is 0 Å². The molecule has 2 atom stereocenters. The van der Waals surface area contributed by atoms with Gasteiger partial charge in [-0.15, -0.1) is 0 Å². The maximum absolute atomic E-state index is 9.60. The van der Waals surface area contributed by atoms with Crippen LogP contribution in [0.1, 0.15) is 57.8 Å². The largest absolute Gasteiger partial charge is 0.388 e. The van der Waals surface area contributed by atoms with E-state index < -0.39 is 0 Å². The van der Waals surface area contributed by atoms with Crippen molar-refractivity contribution >= 4 is 0 Å². The first-order valence-corrected chi connectivity index (χ1v) is 8.21. The molecular weight excluding hydrogens is 268 g/mol. The van der Waals surface area contributed by atoms with E-state index in [1.165, 1.54) is 5.56 Å². The second-order valence-electron chi connectivity index (χ2n) is 6.54. The normalized spacial score (nSPS) is 13.5. The molecule has 0 amide bonds. The summed E-state index contributed by atoms with van der Waals surface area (Å²) in [5.41, 5.74) is 2.45. The van der Waals surface area contributed by atoms with Gasteiger partial charge in [-0.1, -0.05) is 95.3 Å². The lowest BCUT2D eigenvalue weighted by molar-refractivity contribution is 0.127. The quantitative estimate of drug-likeness (QED) is 0.753. The highest BCUT2D eigenvalue weighted by Gasteiger charge is 2.10. The first kappa shape index (κ1) is 18.4. The third-order valence-electron chi connectivity index (χ3n) is 4.10. The molecule has 0 aromatic heterocycles. The van der Waals surface area contributed by atoms with Crippen LogP contribution in [-0.4, -0.2) is 5.11 Å². The van der Waals surface area contributed by atoms with Crippen LogP contribution in [-0.2, 0) is 0 Å². The van der Waals surface area contributed by atoms with Crippen LogP contribution in [0.3, 0.4) is 0 Å². The maximum atomic E-state index is 9.60. The van der Waals surface area contributed by atoms with Crippen LogP contribution in [0.5, 0.6) is 0 Å². The van der Waals surface area contributed by atoms with Crippen LogP contribution >= 0.6 is 0 Å². The van der Waals surface area contributed by atoms with Crippen LogP contribution in [0.15, 0.2) is 60.7 Å². The Kier molecular flexibility index (Phi) is 7.90. The molecule has 0 bridgehead atoms. The van der Waals surface area contributed by atoms with Gasteiger partial charge in [0.1, 0.15) is 0 Å². The summed E-state index contributed by atoms with van der Waals surface area (Å²) < 4.78 is 0. The van der Waals surface area contributed by atoms with Crippen LogP contribution < -0.4 is 0 Å². The molecule has 0 aliphatic heterocycles. The smallest absolute Gasteiger partial charge is 0.0812 e. The van der Waals surface area contributed by atoms with E-state index in [-0.39, 0.29) is 12.0 Å². The lowest BCUT2D eigenvalue weighted by atomic mass is 9.91. The highest BCUT2D eigenvalue weighted by atomic mass is 16.3. The predicted octanol–water partition coefficient (Wildman–Crippen LogP) is 5.82. The van der Waals surface area contributed by atoms with Crippen LogP contribution in [0.2, 0.25) is 0 Å². The molecule has 0 aliphatic rings. The standard InChI is InChI=1S/C11H16.C10H14O/c1-9(2)10(3)11-7-5-4-6-8-11;1-8(2)10(11)9-6-4-3-5-7-9/h4-10H,1-3H3;3-8,10-11H,1-2H3/t2*10-/m10/s1. The van der Waals surface area contributed by atoms with Gasteiger partial charge in [0.05, 0.1) is 6.10 Å². The van der Waals surface area contributed by atoms with Gasteiger partial charge < -0.3 is 5.11 Å². The van der Waals surface area contributed by atoms with E-state index in [0.717, 1.165) is 11.5 Å². The van der Waals surface area contributed by atoms with E-state index in [1.54, 1.807) is 0 Å². The van der Waals surface area contributed by atoms with E-state index in [0.29, 0.717) is 5.92 Å². The summed E-state index contributed by atoms with van der Waals surface area (Å²) in [7, 11) is 0. The lowest BCUT2D eigenvalue weighted by Crippen LogP contribution is -2.04. The van der Waals surface area contributed by atoms with E-state index in [2.05, 4.69) is 51.1 Å². The molecule has 0 spiro atoms. The molecule has 0 radical (unpaired) electrons. The first-order chi connectivity index (χ1) is 10.4. The third-order valence-corrected chi connectivity index (χ3v) is 4.10. The number of benzene rings is 2. The Labute approximate surface area is 136 Å². The molecule has 1 nitrogen and oxygen atoms in total. The molecule has 2 rings (SSSR count). The third kappa shape index (κ3) is 6.03. The minimum atomic E-state index is -0.323.